The van der Waals surface area contributed by atoms with Crippen molar-refractivity contribution in [3.05, 3.63) is 245 Å². The second kappa shape index (κ2) is 44.3. The minimum Gasteiger partial charge on any atom is -0.478 e. The normalized spacial score (nSPS) is 16.2. The number of aromatic nitrogens is 10. The van der Waals surface area contributed by atoms with Gasteiger partial charge in [0, 0.05) is 164 Å². The van der Waals surface area contributed by atoms with Gasteiger partial charge in [0.2, 0.25) is 0 Å². The Bertz CT molecular complexity index is 5560. The molecule has 0 saturated carbocycles. The minimum atomic E-state index is -0.910. The molecule has 0 aliphatic carbocycles. The number of nitrogens with zero attached hydrogens (tertiary/aromatic N) is 17. The quantitative estimate of drug-likeness (QED) is 0.0486. The maximum atomic E-state index is 13.1. The lowest BCUT2D eigenvalue weighted by molar-refractivity contribution is 0.0246. The molecular weight excluding hydrogens is 1690 g/mol. The number of carboxylic acid groups (broad SMARTS) is 1. The van der Waals surface area contributed by atoms with Crippen molar-refractivity contribution < 1.29 is 77.0 Å². The third-order valence-electron chi connectivity index (χ3n) is 20.6. The summed E-state index contributed by atoms with van der Waals surface area (Å²) in [6.45, 7) is 15.2. The van der Waals surface area contributed by atoms with Crippen LogP contribution in [0, 0.1) is 11.5 Å². The van der Waals surface area contributed by atoms with Crippen LogP contribution in [0.25, 0.3) is 55.6 Å². The van der Waals surface area contributed by atoms with Gasteiger partial charge in [-0.15, -0.1) is 0 Å². The molecule has 2 N–H and O–H groups in total. The Morgan fingerprint density at radius 1 is 0.417 bits per heavy atom. The van der Waals surface area contributed by atoms with Gasteiger partial charge in [0.15, 0.2) is 6.19 Å². The summed E-state index contributed by atoms with van der Waals surface area (Å²) in [4.78, 5) is 106. The molecule has 3 saturated heterocycles. The smallest absolute Gasteiger partial charge is 0.410 e. The zero-order valence-electron chi connectivity index (χ0n) is 74.6. The largest absolute Gasteiger partial charge is 0.478 e. The summed E-state index contributed by atoms with van der Waals surface area (Å²) in [5.74, 6) is -1.91. The van der Waals surface area contributed by atoms with E-state index in [1.54, 1.807) is 210 Å². The molecule has 3 aliphatic heterocycles. The third-order valence-corrected chi connectivity index (χ3v) is 21.1. The number of carboxylic acids is 1. The van der Waals surface area contributed by atoms with E-state index in [9.17, 15) is 43.5 Å². The molecule has 14 rings (SSSR count). The molecule has 0 unspecified atom stereocenters. The van der Waals surface area contributed by atoms with E-state index < -0.39 is 41.5 Å². The second-order valence-electron chi connectivity index (χ2n) is 32.3. The van der Waals surface area contributed by atoms with Crippen molar-refractivity contribution in [2.24, 2.45) is 35.2 Å². The molecule has 11 aromatic rings. The standard InChI is InChI=1S/C22H30N4O4.C21H28N4O4.C18H21N5O2.C13H14N2O2.C11H10N2O2.C8H7BrO2/c1-22(2,3)30-21(28)26-13-18(19(14-26)29-6)25(5)20(27)16-9-7-15(8-10-16)17-11-23-24(4)12-17;1-21(2,3)29-20(28)25-12-17(18(26)13-25)24(5)19(27)15-8-6-14(7-9-15)16-10-22-23(4)11-16;1-21-9-15(8-20-21)13-4-6-14(7-5-13)18(24)22(2)16-10-23(12-19)11-17(16)25-3;1-3-17-13(16)11-6-4-10(5-7-11)12-8-14-15(2)9-12;1-13-7-10(6-12-13)8-2-4-9(5-3-8)11(14)15;1-11-8(10)6-2-4-7(9)5-3-6/h7-12,18-19H,13-14H2,1-6H3;6-11,17-18,26H,12-13H2,1-5H3;4-9,16-17H,10-11H2,1-3H3;4-9H,3H2,1-2H3;2-7H,1H3,(H,14,15);2-5H,1H3/t18-,19-;17-,18-;16-,17-;;;/m000.../s1. The van der Waals surface area contributed by atoms with Gasteiger partial charge in [0.1, 0.15) is 11.2 Å². The van der Waals surface area contributed by atoms with Crippen LogP contribution in [-0.2, 0) is 63.7 Å². The van der Waals surface area contributed by atoms with Gasteiger partial charge in [-0.05, 0) is 161 Å². The van der Waals surface area contributed by atoms with Crippen LogP contribution in [0.3, 0.4) is 0 Å². The van der Waals surface area contributed by atoms with Crippen LogP contribution < -0.4 is 0 Å². The van der Waals surface area contributed by atoms with E-state index in [0.717, 1.165) is 60.1 Å². The van der Waals surface area contributed by atoms with Crippen molar-refractivity contribution in [3.63, 3.8) is 0 Å². The summed E-state index contributed by atoms with van der Waals surface area (Å²) >= 11 is 3.26. The highest BCUT2D eigenvalue weighted by Crippen LogP contribution is 2.29. The molecule has 33 nitrogen and oxygen atoms in total. The zero-order chi connectivity index (χ0) is 92.7. The first-order valence-electron chi connectivity index (χ1n) is 40.6. The van der Waals surface area contributed by atoms with Gasteiger partial charge in [-0.25, -0.2) is 24.0 Å². The van der Waals surface area contributed by atoms with Gasteiger partial charge >= 0.3 is 30.1 Å². The summed E-state index contributed by atoms with van der Waals surface area (Å²) < 4.78 is 40.9. The number of nitriles is 1. The molecule has 670 valence electrons. The van der Waals surface area contributed by atoms with E-state index in [4.69, 9.17) is 34.1 Å². The van der Waals surface area contributed by atoms with Crippen molar-refractivity contribution in [3.8, 4) is 61.8 Å². The SMILES string of the molecule is CCOC(=O)c1ccc(-c2cnn(C)c2)cc1.CN(C(=O)c1ccc(-c2cnn(C)c2)cc1)[C@H]1CN(C(=O)OC(C)(C)C)C[C@@H]1O.COC(=O)c1ccc(Br)cc1.CO[C@H]1CN(C#N)C[C@@H]1N(C)C(=O)c1ccc(-c2cnn(C)c2)cc1.CO[C@H]1CN(C(=O)OC(C)(C)C)C[C@@H]1N(C)C(=O)c1ccc(-c2cnn(C)c2)cc1.Cn1cc(-c2ccc(C(=O)O)cc2)cn1. The highest BCUT2D eigenvalue weighted by Gasteiger charge is 2.43. The Hall–Kier alpha value is -13.6. The fourth-order valence-corrected chi connectivity index (χ4v) is 14.0. The van der Waals surface area contributed by atoms with Crippen LogP contribution >= 0.6 is 15.9 Å². The predicted octanol–water partition coefficient (Wildman–Crippen LogP) is 12.6. The summed E-state index contributed by atoms with van der Waals surface area (Å²) in [6, 6.07) is 42.3. The molecule has 5 amide bonds. The number of carbonyl (C=O) groups is 8. The van der Waals surface area contributed by atoms with Crippen molar-refractivity contribution in [1.29, 1.82) is 5.26 Å². The first kappa shape index (κ1) is 97.2. The summed E-state index contributed by atoms with van der Waals surface area (Å²) in [5, 5.41) is 48.9. The number of hydrogen-bond acceptors (Lipinski definition) is 22. The number of aryl methyl sites for hydroxylation is 5. The average molecular weight is 1800 g/mol. The number of amides is 5. The molecule has 0 radical (unpaired) electrons. The number of aliphatic hydroxyl groups is 1. The van der Waals surface area contributed by atoms with E-state index in [1.807, 2.05) is 160 Å². The molecule has 127 heavy (non-hydrogen) atoms. The number of carbonyl (C=O) groups excluding carboxylic acids is 7. The average Bonchev–Trinajstić information content (AvgIpc) is 1.54. The van der Waals surface area contributed by atoms with E-state index in [0.29, 0.717) is 66.2 Å². The Morgan fingerprint density at radius 2 is 0.709 bits per heavy atom. The Labute approximate surface area is 747 Å². The van der Waals surface area contributed by atoms with Crippen molar-refractivity contribution in [2.75, 3.05) is 88.3 Å². The van der Waals surface area contributed by atoms with Crippen molar-refractivity contribution in [2.45, 2.75) is 96.1 Å². The van der Waals surface area contributed by atoms with Gasteiger partial charge in [-0.1, -0.05) is 76.6 Å². The van der Waals surface area contributed by atoms with Crippen LogP contribution in [0.4, 0.5) is 9.59 Å². The Kier molecular flexibility index (Phi) is 33.9. The van der Waals surface area contributed by atoms with E-state index in [1.165, 1.54) is 16.9 Å². The lowest BCUT2D eigenvalue weighted by Crippen LogP contribution is -2.45. The monoisotopic (exact) mass is 1800 g/mol. The molecule has 0 spiro atoms. The first-order valence-corrected chi connectivity index (χ1v) is 41.4. The molecule has 8 heterocycles. The second-order valence-corrected chi connectivity index (χ2v) is 33.2. The summed E-state index contributed by atoms with van der Waals surface area (Å²) in [5.41, 5.74) is 11.9. The number of aliphatic hydroxyl groups excluding tert-OH is 1. The van der Waals surface area contributed by atoms with Crippen LogP contribution in [0.1, 0.15) is 111 Å². The number of aromatic carboxylic acids is 1. The van der Waals surface area contributed by atoms with Crippen molar-refractivity contribution in [1.82, 2.24) is 78.3 Å². The number of benzene rings is 6. The van der Waals surface area contributed by atoms with E-state index in [2.05, 4.69) is 52.4 Å². The first-order chi connectivity index (χ1) is 60.3. The van der Waals surface area contributed by atoms with Gasteiger partial charge in [0.05, 0.1) is 124 Å². The predicted molar refractivity (Wildman–Crippen MR) is 480 cm³/mol. The van der Waals surface area contributed by atoms with Crippen LogP contribution in [-0.4, -0.2) is 272 Å². The number of β-amino-alcohol motifs (C(OH)–C–C–N with tert-alkyl or cyclic N) is 1. The van der Waals surface area contributed by atoms with Gasteiger partial charge < -0.3 is 68.0 Å². The maximum absolute atomic E-state index is 13.1. The number of likely N-dealkylation sites (N-methyl/N-ethyl adjacent to an activating group) is 3. The fourth-order valence-electron chi connectivity index (χ4n) is 13.8. The lowest BCUT2D eigenvalue weighted by Gasteiger charge is -2.28. The van der Waals surface area contributed by atoms with E-state index >= 15 is 0 Å². The lowest BCUT2D eigenvalue weighted by atomic mass is 10.1. The maximum Gasteiger partial charge on any atom is 0.410 e. The number of rotatable bonds is 17. The topological polar surface area (TPSA) is 365 Å². The van der Waals surface area contributed by atoms with Gasteiger partial charge in [-0.2, -0.15) is 30.8 Å². The Balaban J connectivity index is 0.000000177. The summed E-state index contributed by atoms with van der Waals surface area (Å²) in [6.07, 6.45) is 18.4. The molecule has 6 aromatic carbocycles. The zero-order valence-corrected chi connectivity index (χ0v) is 76.2. The molecular formula is C93H110BrN17O16. The number of halogens is 1. The number of hydrogen-bond donors (Lipinski definition) is 2. The fraction of sp³-hybridized carbons (Fsp3) is 0.355. The van der Waals surface area contributed by atoms with Crippen LogP contribution in [0.2, 0.25) is 0 Å². The molecule has 6 atom stereocenters. The molecule has 3 fully saturated rings. The number of likely N-dealkylation sites (tertiary alicyclic amines) is 3. The highest BCUT2D eigenvalue weighted by molar-refractivity contribution is 9.10. The highest BCUT2D eigenvalue weighted by atomic mass is 79.9. The van der Waals surface area contributed by atoms with Crippen LogP contribution in [0.15, 0.2) is 212 Å². The number of esters is 2. The molecule has 34 heteroatoms. The van der Waals surface area contributed by atoms with Crippen LogP contribution in [0.5, 0.6) is 0 Å². The van der Waals surface area contributed by atoms with E-state index in [-0.39, 0.29) is 67.0 Å². The number of methoxy groups -OCH3 is 3. The number of ether oxygens (including phenoxy) is 6. The van der Waals surface area contributed by atoms with Gasteiger partial charge in [0.25, 0.3) is 17.7 Å². The third kappa shape index (κ3) is 27.2. The minimum absolute atomic E-state index is 0.0791. The van der Waals surface area contributed by atoms with Crippen molar-refractivity contribution >= 4 is 63.7 Å². The Morgan fingerprint density at radius 3 is 1.01 bits per heavy atom. The van der Waals surface area contributed by atoms with Gasteiger partial charge in [-0.3, -0.25) is 37.8 Å². The molecule has 0 bridgehead atoms. The summed E-state index contributed by atoms with van der Waals surface area (Å²) in [7, 11) is 19.0. The molecule has 5 aromatic heterocycles. The molecule has 3 aliphatic rings.